The SMILES string of the molecule is CC(C)(C)OC(=O)C12CC3(C)CC1(I)CC3(C)C2. The van der Waals surface area contributed by atoms with Crippen molar-refractivity contribution in [3.63, 3.8) is 0 Å². The smallest absolute Gasteiger partial charge is 0.313 e. The van der Waals surface area contributed by atoms with E-state index in [1.807, 2.05) is 20.8 Å². The van der Waals surface area contributed by atoms with Gasteiger partial charge in [-0.3, -0.25) is 4.79 Å². The standard InChI is InChI=1S/C15H23IO2/c1-11(2,3)18-10(17)14-6-12(4)8-15(14,16)9-13(12,5)7-14/h6-9H2,1-5H3. The monoisotopic (exact) mass is 362 g/mol. The second kappa shape index (κ2) is 3.09. The van der Waals surface area contributed by atoms with E-state index < -0.39 is 0 Å². The van der Waals surface area contributed by atoms with Crippen LogP contribution in [0.2, 0.25) is 0 Å². The molecule has 0 aromatic rings. The second-order valence-electron chi connectivity index (χ2n) is 8.38. The lowest BCUT2D eigenvalue weighted by molar-refractivity contribution is -0.167. The average molecular weight is 362 g/mol. The summed E-state index contributed by atoms with van der Waals surface area (Å²) in [5.74, 6) is 0.0642. The molecular weight excluding hydrogens is 339 g/mol. The van der Waals surface area contributed by atoms with Crippen LogP contribution in [0.15, 0.2) is 0 Å². The lowest BCUT2D eigenvalue weighted by atomic mass is 9.71. The van der Waals surface area contributed by atoms with Crippen LogP contribution in [0.5, 0.6) is 0 Å². The van der Waals surface area contributed by atoms with Crippen molar-refractivity contribution < 1.29 is 9.53 Å². The van der Waals surface area contributed by atoms with Crippen molar-refractivity contribution >= 4 is 28.6 Å². The number of carbonyl (C=O) groups excluding carboxylic acids is 1. The molecule has 4 fully saturated rings. The Hall–Kier alpha value is 0.200. The number of carbonyl (C=O) groups is 1. The van der Waals surface area contributed by atoms with Crippen molar-refractivity contribution in [2.24, 2.45) is 16.2 Å². The first-order valence-electron chi connectivity index (χ1n) is 6.88. The quantitative estimate of drug-likeness (QED) is 0.399. The van der Waals surface area contributed by atoms with Crippen LogP contribution in [0.4, 0.5) is 0 Å². The minimum absolute atomic E-state index is 0.0642. The van der Waals surface area contributed by atoms with E-state index in [2.05, 4.69) is 36.4 Å². The average Bonchev–Trinajstić information content (AvgIpc) is 2.58. The van der Waals surface area contributed by atoms with Crippen LogP contribution in [-0.2, 0) is 9.53 Å². The van der Waals surface area contributed by atoms with Gasteiger partial charge in [-0.25, -0.2) is 0 Å². The molecule has 0 aromatic carbocycles. The van der Waals surface area contributed by atoms with Crippen molar-refractivity contribution in [3.05, 3.63) is 0 Å². The third-order valence-electron chi connectivity index (χ3n) is 5.83. The molecule has 18 heavy (non-hydrogen) atoms. The maximum Gasteiger partial charge on any atom is 0.313 e. The molecule has 4 aliphatic rings. The van der Waals surface area contributed by atoms with E-state index in [0.29, 0.717) is 10.8 Å². The first kappa shape index (κ1) is 13.2. The zero-order chi connectivity index (χ0) is 13.6. The van der Waals surface area contributed by atoms with E-state index in [4.69, 9.17) is 4.74 Å². The normalized spacial score (nSPS) is 53.2. The maximum absolute atomic E-state index is 12.7. The molecule has 4 aliphatic carbocycles. The fourth-order valence-electron chi connectivity index (χ4n) is 5.03. The first-order valence-corrected chi connectivity index (χ1v) is 7.96. The zero-order valence-electron chi connectivity index (χ0n) is 12.0. The zero-order valence-corrected chi connectivity index (χ0v) is 14.2. The van der Waals surface area contributed by atoms with Crippen LogP contribution >= 0.6 is 22.6 Å². The molecule has 102 valence electrons. The molecule has 2 unspecified atom stereocenters. The van der Waals surface area contributed by atoms with Gasteiger partial charge in [0.25, 0.3) is 0 Å². The van der Waals surface area contributed by atoms with Gasteiger partial charge < -0.3 is 4.74 Å². The van der Waals surface area contributed by atoms with Crippen molar-refractivity contribution in [2.75, 3.05) is 0 Å². The number of alkyl halides is 1. The van der Waals surface area contributed by atoms with Crippen molar-refractivity contribution in [1.29, 1.82) is 0 Å². The summed E-state index contributed by atoms with van der Waals surface area (Å²) in [4.78, 5) is 12.7. The molecule has 2 atom stereocenters. The minimum Gasteiger partial charge on any atom is -0.460 e. The Balaban J connectivity index is 1.97. The van der Waals surface area contributed by atoms with Gasteiger partial charge in [0.2, 0.25) is 0 Å². The van der Waals surface area contributed by atoms with Gasteiger partial charge in [-0.05, 0) is 57.3 Å². The second-order valence-corrected chi connectivity index (χ2v) is 10.4. The van der Waals surface area contributed by atoms with Crippen molar-refractivity contribution in [3.8, 4) is 0 Å². The summed E-state index contributed by atoms with van der Waals surface area (Å²) >= 11 is 2.58. The number of hydrogen-bond donors (Lipinski definition) is 0. The summed E-state index contributed by atoms with van der Waals surface area (Å²) in [6.45, 7) is 10.7. The Bertz CT molecular complexity index is 416. The largest absolute Gasteiger partial charge is 0.460 e. The topological polar surface area (TPSA) is 26.3 Å². The highest BCUT2D eigenvalue weighted by Gasteiger charge is 2.83. The van der Waals surface area contributed by atoms with Crippen LogP contribution in [-0.4, -0.2) is 15.0 Å². The number of hydrogen-bond acceptors (Lipinski definition) is 2. The Morgan fingerprint density at radius 2 is 1.50 bits per heavy atom. The summed E-state index contributed by atoms with van der Waals surface area (Å²) in [7, 11) is 0. The highest BCUT2D eigenvalue weighted by molar-refractivity contribution is 14.1. The number of rotatable bonds is 1. The summed E-state index contributed by atoms with van der Waals surface area (Å²) in [5, 5.41) is 0. The predicted molar refractivity (Wildman–Crippen MR) is 79.7 cm³/mol. The maximum atomic E-state index is 12.7. The first-order chi connectivity index (χ1) is 7.96. The summed E-state index contributed by atoms with van der Waals surface area (Å²) in [6, 6.07) is 0. The van der Waals surface area contributed by atoms with E-state index >= 15 is 0 Å². The molecule has 0 N–H and O–H groups in total. The molecule has 4 saturated carbocycles. The molecule has 0 radical (unpaired) electrons. The Labute approximate surface area is 123 Å². The number of halogens is 1. The molecule has 0 amide bonds. The van der Waals surface area contributed by atoms with Crippen LogP contribution in [0.1, 0.15) is 60.3 Å². The van der Waals surface area contributed by atoms with Crippen LogP contribution in [0.3, 0.4) is 0 Å². The molecule has 4 bridgehead atoms. The lowest BCUT2D eigenvalue weighted by Gasteiger charge is -2.36. The van der Waals surface area contributed by atoms with Crippen LogP contribution < -0.4 is 0 Å². The highest BCUT2D eigenvalue weighted by Crippen LogP contribution is 2.85. The molecule has 0 heterocycles. The Kier molecular flexibility index (Phi) is 2.27. The van der Waals surface area contributed by atoms with Gasteiger partial charge in [0.1, 0.15) is 5.60 Å². The molecule has 2 nitrogen and oxygen atoms in total. The Morgan fingerprint density at radius 3 is 1.78 bits per heavy atom. The molecule has 0 saturated heterocycles. The third-order valence-corrected chi connectivity index (χ3v) is 7.62. The fourth-order valence-corrected chi connectivity index (χ4v) is 7.32. The van der Waals surface area contributed by atoms with Crippen LogP contribution in [0, 0.1) is 16.2 Å². The number of ether oxygens (including phenoxy) is 1. The van der Waals surface area contributed by atoms with E-state index in [1.165, 1.54) is 12.8 Å². The van der Waals surface area contributed by atoms with Crippen molar-refractivity contribution in [2.45, 2.75) is 69.3 Å². The third kappa shape index (κ3) is 1.32. The van der Waals surface area contributed by atoms with Gasteiger partial charge in [0, 0.05) is 3.42 Å². The molecule has 0 spiro atoms. The lowest BCUT2D eigenvalue weighted by Crippen LogP contribution is -2.44. The predicted octanol–water partition coefficient (Wildman–Crippen LogP) is 4.10. The van der Waals surface area contributed by atoms with Crippen LogP contribution in [0.25, 0.3) is 0 Å². The molecule has 3 heteroatoms. The van der Waals surface area contributed by atoms with E-state index in [0.717, 1.165) is 12.8 Å². The fraction of sp³-hybridized carbons (Fsp3) is 0.933. The van der Waals surface area contributed by atoms with Gasteiger partial charge >= 0.3 is 5.97 Å². The van der Waals surface area contributed by atoms with Gasteiger partial charge in [-0.2, -0.15) is 0 Å². The molecule has 0 aromatic heterocycles. The summed E-state index contributed by atoms with van der Waals surface area (Å²) in [5.41, 5.74) is 0.131. The molecule has 0 aliphatic heterocycles. The number of esters is 1. The molecule has 4 rings (SSSR count). The highest BCUT2D eigenvalue weighted by atomic mass is 127. The Morgan fingerprint density at radius 1 is 1.06 bits per heavy atom. The van der Waals surface area contributed by atoms with E-state index in [-0.39, 0.29) is 20.4 Å². The van der Waals surface area contributed by atoms with E-state index in [9.17, 15) is 4.79 Å². The van der Waals surface area contributed by atoms with Gasteiger partial charge in [-0.1, -0.05) is 36.4 Å². The van der Waals surface area contributed by atoms with Gasteiger partial charge in [-0.15, -0.1) is 0 Å². The minimum atomic E-state index is -0.369. The van der Waals surface area contributed by atoms with Gasteiger partial charge in [0.05, 0.1) is 5.41 Å². The van der Waals surface area contributed by atoms with Crippen molar-refractivity contribution in [1.82, 2.24) is 0 Å². The van der Waals surface area contributed by atoms with E-state index in [1.54, 1.807) is 0 Å². The summed E-state index contributed by atoms with van der Waals surface area (Å²) in [6.07, 6.45) is 4.45. The summed E-state index contributed by atoms with van der Waals surface area (Å²) < 4.78 is 5.90. The van der Waals surface area contributed by atoms with Gasteiger partial charge in [0.15, 0.2) is 0 Å². The molecular formula is C15H23IO2.